The minimum atomic E-state index is -0.174. The van der Waals surface area contributed by atoms with E-state index in [1.54, 1.807) is 0 Å². The van der Waals surface area contributed by atoms with Crippen molar-refractivity contribution in [2.24, 2.45) is 0 Å². The Labute approximate surface area is 450 Å². The molecule has 75 heavy (non-hydrogen) atoms. The van der Waals surface area contributed by atoms with Crippen LogP contribution in [0.15, 0.2) is 164 Å². The maximum absolute atomic E-state index is 2.64. The third-order valence-corrected chi connectivity index (χ3v) is 16.8. The fourth-order valence-corrected chi connectivity index (χ4v) is 12.2. The molecule has 0 saturated heterocycles. The van der Waals surface area contributed by atoms with Crippen LogP contribution in [0.4, 0.5) is 51.2 Å². The molecule has 8 aromatic carbocycles. The Hall–Kier alpha value is -6.78. The molecule has 8 aromatic rings. The molecule has 3 nitrogen and oxygen atoms in total. The van der Waals surface area contributed by atoms with E-state index in [1.807, 2.05) is 0 Å². The second-order valence-corrected chi connectivity index (χ2v) is 27.7. The first-order chi connectivity index (χ1) is 35.1. The summed E-state index contributed by atoms with van der Waals surface area (Å²) in [5, 5.41) is 0. The van der Waals surface area contributed by atoms with Crippen molar-refractivity contribution in [1.29, 1.82) is 0 Å². The minimum absolute atomic E-state index is 0.0286. The first-order valence-corrected chi connectivity index (χ1v) is 27.5. The molecule has 11 rings (SSSR count). The molecule has 1 aliphatic carbocycles. The van der Waals surface area contributed by atoms with Crippen LogP contribution >= 0.6 is 0 Å². The summed E-state index contributed by atoms with van der Waals surface area (Å²) in [5.41, 5.74) is 26.4. The third kappa shape index (κ3) is 8.52. The Morgan fingerprint density at radius 2 is 0.747 bits per heavy atom. The number of hydrogen-bond donors (Lipinski definition) is 0. The monoisotopic (exact) mass is 984 g/mol. The van der Waals surface area contributed by atoms with Gasteiger partial charge in [-0.3, -0.25) is 0 Å². The topological polar surface area (TPSA) is 9.72 Å². The van der Waals surface area contributed by atoms with E-state index in [-0.39, 0.29) is 39.2 Å². The lowest BCUT2D eigenvalue weighted by molar-refractivity contribution is 0.589. The van der Waals surface area contributed by atoms with E-state index in [1.165, 1.54) is 101 Å². The summed E-state index contributed by atoms with van der Waals surface area (Å²) in [6, 6.07) is 64.1. The predicted octanol–water partition coefficient (Wildman–Crippen LogP) is 18.0. The van der Waals surface area contributed by atoms with Crippen LogP contribution in [0.1, 0.15) is 157 Å². The van der Waals surface area contributed by atoms with Gasteiger partial charge in [0, 0.05) is 56.6 Å². The maximum atomic E-state index is 2.64. The highest BCUT2D eigenvalue weighted by atomic mass is 15.2. The van der Waals surface area contributed by atoms with E-state index >= 15 is 0 Å². The van der Waals surface area contributed by atoms with Gasteiger partial charge in [-0.05, 0) is 172 Å². The Morgan fingerprint density at radius 3 is 1.27 bits per heavy atom. The molecule has 0 saturated carbocycles. The standard InChI is InChI=1S/C71H78BN3/c1-66(2,3)45-22-29-50(30-23-45)73(51-31-24-46(25-32-51)67(4,5)6)54-36-39-60-62(44-54)75(53-35-37-56-55-20-18-19-21-57(55)71(16,17)58(56)43-53)64-42-49(70(13,14)15)41-63-65(64)72(60)59-38-28-48(69(10,11)12)40-61(59)74(63)52-33-26-47(27-34-52)68(7,8)9/h18-44H,1-17H3. The molecule has 0 radical (unpaired) electrons. The molecule has 0 spiro atoms. The van der Waals surface area contributed by atoms with Crippen LogP contribution in [0.5, 0.6) is 0 Å². The molecular formula is C71H78BN3. The summed E-state index contributed by atoms with van der Waals surface area (Å²) in [5.74, 6) is 0. The van der Waals surface area contributed by atoms with Gasteiger partial charge in [0.1, 0.15) is 0 Å². The van der Waals surface area contributed by atoms with E-state index in [2.05, 4.69) is 296 Å². The highest BCUT2D eigenvalue weighted by Gasteiger charge is 2.46. The lowest BCUT2D eigenvalue weighted by Gasteiger charge is -2.46. The van der Waals surface area contributed by atoms with Crippen molar-refractivity contribution in [3.8, 4) is 11.1 Å². The number of nitrogens with zero attached hydrogens (tertiary/aromatic N) is 3. The largest absolute Gasteiger partial charge is 0.311 e. The lowest BCUT2D eigenvalue weighted by Crippen LogP contribution is -2.61. The number of fused-ring (bicyclic) bond motifs is 7. The summed E-state index contributed by atoms with van der Waals surface area (Å²) >= 11 is 0. The van der Waals surface area contributed by atoms with Crippen molar-refractivity contribution in [1.82, 2.24) is 0 Å². The number of hydrogen-bond acceptors (Lipinski definition) is 3. The fourth-order valence-electron chi connectivity index (χ4n) is 12.2. The lowest BCUT2D eigenvalue weighted by atomic mass is 9.33. The summed E-state index contributed by atoms with van der Waals surface area (Å²) in [7, 11) is 0. The van der Waals surface area contributed by atoms with Crippen molar-refractivity contribution in [3.05, 3.63) is 203 Å². The number of rotatable bonds is 5. The van der Waals surface area contributed by atoms with Gasteiger partial charge in [-0.25, -0.2) is 0 Å². The second kappa shape index (κ2) is 17.1. The molecule has 0 unspecified atom stereocenters. The normalized spacial score (nSPS) is 14.8. The zero-order chi connectivity index (χ0) is 53.5. The highest BCUT2D eigenvalue weighted by molar-refractivity contribution is 7.00. The smallest absolute Gasteiger partial charge is 0.252 e. The SMILES string of the molecule is CC(C)(C)c1ccc(N(c2ccc(C(C)(C)C)cc2)c2ccc3c(c2)N(c2ccc4c(c2)C(C)(C)c2ccccc2-4)c2cc(C(C)(C)C)cc4c2B3c2ccc(C(C)(C)C)cc2N4c2ccc(C(C)(C)C)cc2)cc1. The maximum Gasteiger partial charge on any atom is 0.252 e. The van der Waals surface area contributed by atoms with E-state index in [0.29, 0.717) is 0 Å². The molecule has 0 fully saturated rings. The van der Waals surface area contributed by atoms with Crippen LogP contribution in [0.2, 0.25) is 0 Å². The van der Waals surface area contributed by atoms with Crippen molar-refractivity contribution in [2.75, 3.05) is 14.7 Å². The van der Waals surface area contributed by atoms with Crippen LogP contribution in [-0.2, 0) is 32.5 Å². The quantitative estimate of drug-likeness (QED) is 0.159. The van der Waals surface area contributed by atoms with Gasteiger partial charge in [-0.2, -0.15) is 0 Å². The van der Waals surface area contributed by atoms with Gasteiger partial charge in [0.15, 0.2) is 0 Å². The Morgan fingerprint density at radius 1 is 0.347 bits per heavy atom. The van der Waals surface area contributed by atoms with E-state index < -0.39 is 0 Å². The molecule has 2 heterocycles. The predicted molar refractivity (Wildman–Crippen MR) is 326 cm³/mol. The van der Waals surface area contributed by atoms with Gasteiger partial charge < -0.3 is 14.7 Å². The molecule has 4 heteroatoms. The van der Waals surface area contributed by atoms with Gasteiger partial charge in [0.2, 0.25) is 0 Å². The molecule has 2 aliphatic heterocycles. The first kappa shape index (κ1) is 50.4. The van der Waals surface area contributed by atoms with Gasteiger partial charge in [0.25, 0.3) is 6.71 Å². The van der Waals surface area contributed by atoms with Crippen LogP contribution in [0.3, 0.4) is 0 Å². The third-order valence-electron chi connectivity index (χ3n) is 16.8. The van der Waals surface area contributed by atoms with Crippen molar-refractivity contribution < 1.29 is 0 Å². The van der Waals surface area contributed by atoms with Crippen molar-refractivity contribution >= 4 is 74.3 Å². The molecule has 0 bridgehead atoms. The first-order valence-electron chi connectivity index (χ1n) is 27.5. The van der Waals surface area contributed by atoms with Crippen molar-refractivity contribution in [2.45, 2.75) is 150 Å². The van der Waals surface area contributed by atoms with Gasteiger partial charge >= 0.3 is 0 Å². The van der Waals surface area contributed by atoms with E-state index in [9.17, 15) is 0 Å². The Balaban J connectivity index is 1.22. The number of benzene rings is 8. The average Bonchev–Trinajstić information content (AvgIpc) is 3.59. The Kier molecular flexibility index (Phi) is 11.5. The molecule has 0 aromatic heterocycles. The molecule has 0 N–H and O–H groups in total. The van der Waals surface area contributed by atoms with Gasteiger partial charge in [-0.1, -0.05) is 203 Å². The van der Waals surface area contributed by atoms with Gasteiger partial charge in [-0.15, -0.1) is 0 Å². The van der Waals surface area contributed by atoms with Gasteiger partial charge in [0.05, 0.1) is 0 Å². The van der Waals surface area contributed by atoms with E-state index in [4.69, 9.17) is 0 Å². The summed E-state index contributed by atoms with van der Waals surface area (Å²) in [4.78, 5) is 7.72. The average molecular weight is 984 g/mol. The summed E-state index contributed by atoms with van der Waals surface area (Å²) in [6.07, 6.45) is 0. The summed E-state index contributed by atoms with van der Waals surface area (Å²) in [6.45, 7) is 39.6. The molecule has 3 aliphatic rings. The molecular weight excluding hydrogens is 906 g/mol. The number of anilines is 9. The minimum Gasteiger partial charge on any atom is -0.311 e. The zero-order valence-corrected chi connectivity index (χ0v) is 48.0. The molecule has 380 valence electrons. The Bertz CT molecular complexity index is 3470. The zero-order valence-electron chi connectivity index (χ0n) is 48.0. The summed E-state index contributed by atoms with van der Waals surface area (Å²) < 4.78 is 0. The van der Waals surface area contributed by atoms with Crippen LogP contribution in [0.25, 0.3) is 11.1 Å². The molecule has 0 atom stereocenters. The van der Waals surface area contributed by atoms with E-state index in [0.717, 1.165) is 17.1 Å². The van der Waals surface area contributed by atoms with Crippen LogP contribution in [0, 0.1) is 0 Å². The van der Waals surface area contributed by atoms with Crippen LogP contribution in [-0.4, -0.2) is 6.71 Å². The second-order valence-electron chi connectivity index (χ2n) is 27.7. The van der Waals surface area contributed by atoms with Crippen molar-refractivity contribution in [3.63, 3.8) is 0 Å². The molecule has 0 amide bonds. The fraction of sp³-hybridized carbons (Fsp3) is 0.324. The highest BCUT2D eigenvalue weighted by Crippen LogP contribution is 2.53. The van der Waals surface area contributed by atoms with Crippen LogP contribution < -0.4 is 31.1 Å².